The molecule has 1 fully saturated rings. The van der Waals surface area contributed by atoms with E-state index < -0.39 is 5.82 Å². The summed E-state index contributed by atoms with van der Waals surface area (Å²) in [4.78, 5) is 16.2. The van der Waals surface area contributed by atoms with Crippen LogP contribution in [0.4, 0.5) is 14.9 Å². The van der Waals surface area contributed by atoms with Crippen molar-refractivity contribution >= 4 is 23.3 Å². The topological polar surface area (TPSA) is 35.6 Å². The van der Waals surface area contributed by atoms with Crippen molar-refractivity contribution in [1.29, 1.82) is 0 Å². The highest BCUT2D eigenvalue weighted by atomic mass is 35.5. The molecule has 1 aliphatic heterocycles. The Morgan fingerprint density at radius 3 is 2.85 bits per heavy atom. The summed E-state index contributed by atoms with van der Waals surface area (Å²) in [6.45, 7) is 4.43. The molecular weight excluding hydrogens is 281 g/mol. The summed E-state index contributed by atoms with van der Waals surface area (Å²) >= 11 is 5.69. The quantitative estimate of drug-likeness (QED) is 0.865. The van der Waals surface area contributed by atoms with Crippen molar-refractivity contribution in [3.05, 3.63) is 29.0 Å². The molecule has 1 heterocycles. The van der Waals surface area contributed by atoms with Crippen LogP contribution in [0.5, 0.6) is 0 Å². The Morgan fingerprint density at radius 2 is 2.15 bits per heavy atom. The molecule has 1 N–H and O–H groups in total. The van der Waals surface area contributed by atoms with Crippen LogP contribution >= 0.6 is 11.6 Å². The summed E-state index contributed by atoms with van der Waals surface area (Å²) < 4.78 is 13.7. The van der Waals surface area contributed by atoms with Crippen LogP contribution in [0.3, 0.4) is 0 Å². The minimum atomic E-state index is -0.523. The fourth-order valence-corrected chi connectivity index (χ4v) is 2.41. The minimum absolute atomic E-state index is 0.135. The van der Waals surface area contributed by atoms with E-state index in [9.17, 15) is 9.18 Å². The highest BCUT2D eigenvalue weighted by Gasteiger charge is 2.24. The van der Waals surface area contributed by atoms with Crippen LogP contribution in [0.2, 0.25) is 5.02 Å². The van der Waals surface area contributed by atoms with Crippen molar-refractivity contribution in [3.8, 4) is 0 Å². The van der Waals surface area contributed by atoms with E-state index in [2.05, 4.69) is 10.2 Å². The standard InChI is InChI=1S/C14H19ClFN3O/c1-10-5-6-18(2)7-8-19(10)14(20)17-13-4-3-11(15)9-12(13)16/h3-4,9-10H,5-8H2,1-2H3,(H,17,20)/t10-/m1/s1. The first-order chi connectivity index (χ1) is 9.47. The number of hydrogen-bond donors (Lipinski definition) is 1. The molecule has 1 aromatic carbocycles. The molecule has 0 radical (unpaired) electrons. The van der Waals surface area contributed by atoms with Gasteiger partial charge in [-0.05, 0) is 45.1 Å². The van der Waals surface area contributed by atoms with Gasteiger partial charge in [0.1, 0.15) is 5.82 Å². The summed E-state index contributed by atoms with van der Waals surface area (Å²) in [6.07, 6.45) is 0.910. The number of carbonyl (C=O) groups excluding carboxylic acids is 1. The maximum Gasteiger partial charge on any atom is 0.322 e. The number of nitrogens with one attached hydrogen (secondary N) is 1. The van der Waals surface area contributed by atoms with E-state index in [0.29, 0.717) is 11.6 Å². The van der Waals surface area contributed by atoms with Gasteiger partial charge >= 0.3 is 6.03 Å². The second kappa shape index (κ2) is 6.41. The average Bonchev–Trinajstić information content (AvgIpc) is 2.55. The Balaban J connectivity index is 2.06. The van der Waals surface area contributed by atoms with E-state index in [0.717, 1.165) is 19.5 Å². The molecule has 2 rings (SSSR count). The van der Waals surface area contributed by atoms with E-state index in [4.69, 9.17) is 11.6 Å². The molecule has 1 aromatic rings. The normalized spacial score (nSPS) is 20.6. The predicted molar refractivity (Wildman–Crippen MR) is 78.7 cm³/mol. The van der Waals surface area contributed by atoms with Crippen molar-refractivity contribution < 1.29 is 9.18 Å². The molecule has 0 saturated carbocycles. The highest BCUT2D eigenvalue weighted by Crippen LogP contribution is 2.20. The number of carbonyl (C=O) groups is 1. The maximum absolute atomic E-state index is 13.7. The first-order valence-corrected chi connectivity index (χ1v) is 7.06. The third kappa shape index (κ3) is 3.61. The zero-order chi connectivity index (χ0) is 14.7. The van der Waals surface area contributed by atoms with E-state index in [1.807, 2.05) is 14.0 Å². The fraction of sp³-hybridized carbons (Fsp3) is 0.500. The van der Waals surface area contributed by atoms with Gasteiger partial charge in [0.15, 0.2) is 0 Å². The number of amides is 2. The SMILES string of the molecule is C[C@@H]1CCN(C)CCN1C(=O)Nc1ccc(Cl)cc1F. The summed E-state index contributed by atoms with van der Waals surface area (Å²) in [6, 6.07) is 4.09. The van der Waals surface area contributed by atoms with Crippen LogP contribution < -0.4 is 5.32 Å². The van der Waals surface area contributed by atoms with Gasteiger partial charge in [0.2, 0.25) is 0 Å². The van der Waals surface area contributed by atoms with Gasteiger partial charge in [-0.15, -0.1) is 0 Å². The van der Waals surface area contributed by atoms with Gasteiger partial charge < -0.3 is 15.1 Å². The van der Waals surface area contributed by atoms with Gasteiger partial charge in [-0.2, -0.15) is 0 Å². The number of nitrogens with zero attached hydrogens (tertiary/aromatic N) is 2. The smallest absolute Gasteiger partial charge is 0.320 e. The van der Waals surface area contributed by atoms with Crippen LogP contribution in [0.15, 0.2) is 18.2 Å². The number of halogens is 2. The third-order valence-corrected chi connectivity index (χ3v) is 3.85. The van der Waals surface area contributed by atoms with Crippen molar-refractivity contribution in [2.75, 3.05) is 32.0 Å². The van der Waals surface area contributed by atoms with E-state index in [1.165, 1.54) is 12.1 Å². The molecule has 0 bridgehead atoms. The van der Waals surface area contributed by atoms with E-state index in [1.54, 1.807) is 11.0 Å². The Bertz CT molecular complexity index is 497. The molecule has 0 aromatic heterocycles. The number of anilines is 1. The van der Waals surface area contributed by atoms with Crippen LogP contribution in [0.1, 0.15) is 13.3 Å². The lowest BCUT2D eigenvalue weighted by Crippen LogP contribution is -2.42. The van der Waals surface area contributed by atoms with Crippen molar-refractivity contribution in [3.63, 3.8) is 0 Å². The van der Waals surface area contributed by atoms with Crippen LogP contribution in [-0.2, 0) is 0 Å². The van der Waals surface area contributed by atoms with Crippen molar-refractivity contribution in [2.24, 2.45) is 0 Å². The first-order valence-electron chi connectivity index (χ1n) is 6.68. The van der Waals surface area contributed by atoms with Crippen LogP contribution in [-0.4, -0.2) is 48.6 Å². The molecule has 2 amide bonds. The van der Waals surface area contributed by atoms with Crippen molar-refractivity contribution in [1.82, 2.24) is 9.80 Å². The Morgan fingerprint density at radius 1 is 1.40 bits per heavy atom. The van der Waals surface area contributed by atoms with E-state index in [-0.39, 0.29) is 17.8 Å². The second-order valence-electron chi connectivity index (χ2n) is 5.19. The molecular formula is C14H19ClFN3O. The number of urea groups is 1. The third-order valence-electron chi connectivity index (χ3n) is 3.62. The summed E-state index contributed by atoms with van der Waals surface area (Å²) in [5.74, 6) is -0.523. The molecule has 1 saturated heterocycles. The van der Waals surface area contributed by atoms with E-state index >= 15 is 0 Å². The van der Waals surface area contributed by atoms with Gasteiger partial charge in [-0.1, -0.05) is 11.6 Å². The molecule has 20 heavy (non-hydrogen) atoms. The van der Waals surface area contributed by atoms with Gasteiger partial charge in [0.05, 0.1) is 5.69 Å². The van der Waals surface area contributed by atoms with Crippen LogP contribution in [0, 0.1) is 5.82 Å². The summed E-state index contributed by atoms with van der Waals surface area (Å²) in [5.41, 5.74) is 0.157. The Hall–Kier alpha value is -1.33. The molecule has 1 atom stereocenters. The zero-order valence-corrected chi connectivity index (χ0v) is 12.5. The highest BCUT2D eigenvalue weighted by molar-refractivity contribution is 6.30. The van der Waals surface area contributed by atoms with Gasteiger partial charge in [0.25, 0.3) is 0 Å². The molecule has 0 aliphatic carbocycles. The van der Waals surface area contributed by atoms with Crippen molar-refractivity contribution in [2.45, 2.75) is 19.4 Å². The minimum Gasteiger partial charge on any atom is -0.320 e. The second-order valence-corrected chi connectivity index (χ2v) is 5.63. The predicted octanol–water partition coefficient (Wildman–Crippen LogP) is 3.04. The zero-order valence-electron chi connectivity index (χ0n) is 11.7. The molecule has 6 heteroatoms. The van der Waals surface area contributed by atoms with Crippen LogP contribution in [0.25, 0.3) is 0 Å². The van der Waals surface area contributed by atoms with Gasteiger partial charge in [-0.25, -0.2) is 9.18 Å². The first kappa shape index (κ1) is 15.1. The Labute approximate surface area is 123 Å². The molecule has 4 nitrogen and oxygen atoms in total. The number of benzene rings is 1. The lowest BCUT2D eigenvalue weighted by Gasteiger charge is -2.27. The summed E-state index contributed by atoms with van der Waals surface area (Å²) in [5, 5.41) is 2.93. The molecule has 0 spiro atoms. The lowest BCUT2D eigenvalue weighted by molar-refractivity contribution is 0.195. The lowest BCUT2D eigenvalue weighted by atomic mass is 10.2. The fourth-order valence-electron chi connectivity index (χ4n) is 2.25. The number of likely N-dealkylation sites (N-methyl/N-ethyl adjacent to an activating group) is 1. The molecule has 1 aliphatic rings. The van der Waals surface area contributed by atoms with Gasteiger partial charge in [0, 0.05) is 24.2 Å². The monoisotopic (exact) mass is 299 g/mol. The Kier molecular flexibility index (Phi) is 4.83. The average molecular weight is 300 g/mol. The largest absolute Gasteiger partial charge is 0.322 e. The molecule has 110 valence electrons. The maximum atomic E-state index is 13.7. The molecule has 0 unspecified atom stereocenters. The number of rotatable bonds is 1. The van der Waals surface area contributed by atoms with Gasteiger partial charge in [-0.3, -0.25) is 0 Å². The number of hydrogen-bond acceptors (Lipinski definition) is 2. The summed E-state index contributed by atoms with van der Waals surface area (Å²) in [7, 11) is 2.03.